The molecule has 5 nitrogen and oxygen atoms in total. The number of carbonyl (C=O) groups is 1. The van der Waals surface area contributed by atoms with E-state index in [0.29, 0.717) is 17.9 Å². The molecule has 23 heavy (non-hydrogen) atoms. The fourth-order valence-corrected chi connectivity index (χ4v) is 3.01. The van der Waals surface area contributed by atoms with Crippen LogP contribution >= 0.6 is 0 Å². The number of amides is 1. The van der Waals surface area contributed by atoms with Crippen molar-refractivity contribution in [3.8, 4) is 0 Å². The number of likely N-dealkylation sites (tertiary alicyclic amines) is 1. The standard InChI is InChI=1S/C18H22N4O/c19-15-8-9-16(20-12-15)18(23)21-13-17(22-10-4-5-11-22)14-6-2-1-3-7-14/h1-3,6-9,12,17H,4-5,10-11,13,19H2,(H,21,23). The summed E-state index contributed by atoms with van der Waals surface area (Å²) in [6.07, 6.45) is 3.94. The van der Waals surface area contributed by atoms with Crippen LogP contribution in [0.1, 0.15) is 34.9 Å². The van der Waals surface area contributed by atoms with E-state index >= 15 is 0 Å². The number of aromatic nitrogens is 1. The van der Waals surface area contributed by atoms with Gasteiger partial charge in [0, 0.05) is 6.54 Å². The summed E-state index contributed by atoms with van der Waals surface area (Å²) in [5, 5.41) is 3.01. The highest BCUT2D eigenvalue weighted by Gasteiger charge is 2.24. The lowest BCUT2D eigenvalue weighted by atomic mass is 10.1. The van der Waals surface area contributed by atoms with Crippen LogP contribution in [-0.4, -0.2) is 35.4 Å². The first kappa shape index (κ1) is 15.5. The molecule has 1 saturated heterocycles. The van der Waals surface area contributed by atoms with Gasteiger partial charge in [-0.3, -0.25) is 9.69 Å². The SMILES string of the molecule is Nc1ccc(C(=O)NCC(c2ccccc2)N2CCCC2)nc1. The molecule has 2 heterocycles. The van der Waals surface area contributed by atoms with Gasteiger partial charge in [-0.1, -0.05) is 30.3 Å². The summed E-state index contributed by atoms with van der Waals surface area (Å²) in [4.78, 5) is 18.8. The number of rotatable bonds is 5. The molecule has 1 aliphatic rings. The van der Waals surface area contributed by atoms with Crippen molar-refractivity contribution in [3.05, 3.63) is 59.9 Å². The van der Waals surface area contributed by atoms with E-state index in [1.807, 2.05) is 18.2 Å². The number of nitrogens with zero attached hydrogens (tertiary/aromatic N) is 2. The number of hydrogen-bond donors (Lipinski definition) is 2. The average molecular weight is 310 g/mol. The minimum atomic E-state index is -0.162. The van der Waals surface area contributed by atoms with E-state index in [1.165, 1.54) is 24.6 Å². The van der Waals surface area contributed by atoms with Crippen molar-refractivity contribution in [2.75, 3.05) is 25.4 Å². The fourth-order valence-electron chi connectivity index (χ4n) is 3.01. The van der Waals surface area contributed by atoms with Crippen LogP contribution in [0, 0.1) is 0 Å². The lowest BCUT2D eigenvalue weighted by molar-refractivity contribution is 0.0933. The third kappa shape index (κ3) is 3.87. The van der Waals surface area contributed by atoms with Crippen LogP contribution in [0.5, 0.6) is 0 Å². The Hall–Kier alpha value is -2.40. The summed E-state index contributed by atoms with van der Waals surface area (Å²) >= 11 is 0. The van der Waals surface area contributed by atoms with E-state index in [4.69, 9.17) is 5.73 Å². The van der Waals surface area contributed by atoms with E-state index in [1.54, 1.807) is 12.1 Å². The van der Waals surface area contributed by atoms with Gasteiger partial charge < -0.3 is 11.1 Å². The van der Waals surface area contributed by atoms with E-state index in [-0.39, 0.29) is 11.9 Å². The number of nitrogens with one attached hydrogen (secondary N) is 1. The van der Waals surface area contributed by atoms with Crippen LogP contribution in [0.4, 0.5) is 5.69 Å². The molecule has 120 valence electrons. The summed E-state index contributed by atoms with van der Waals surface area (Å²) in [5.41, 5.74) is 7.79. The van der Waals surface area contributed by atoms with Gasteiger partial charge in [0.1, 0.15) is 5.69 Å². The van der Waals surface area contributed by atoms with E-state index in [2.05, 4.69) is 27.3 Å². The maximum absolute atomic E-state index is 12.3. The van der Waals surface area contributed by atoms with E-state index in [0.717, 1.165) is 13.1 Å². The molecule has 1 atom stereocenters. The molecule has 1 aromatic carbocycles. The van der Waals surface area contributed by atoms with Crippen molar-refractivity contribution in [1.82, 2.24) is 15.2 Å². The Balaban J connectivity index is 1.69. The van der Waals surface area contributed by atoms with Crippen LogP contribution in [0.3, 0.4) is 0 Å². The van der Waals surface area contributed by atoms with E-state index < -0.39 is 0 Å². The summed E-state index contributed by atoms with van der Waals surface area (Å²) in [6, 6.07) is 13.9. The highest BCUT2D eigenvalue weighted by Crippen LogP contribution is 2.24. The monoisotopic (exact) mass is 310 g/mol. The van der Waals surface area contributed by atoms with Crippen LogP contribution in [-0.2, 0) is 0 Å². The van der Waals surface area contributed by atoms with Crippen molar-refractivity contribution in [2.24, 2.45) is 0 Å². The van der Waals surface area contributed by atoms with Crippen LogP contribution < -0.4 is 11.1 Å². The molecule has 0 spiro atoms. The molecular weight excluding hydrogens is 288 g/mol. The first-order chi connectivity index (χ1) is 11.2. The van der Waals surface area contributed by atoms with Crippen molar-refractivity contribution < 1.29 is 4.79 Å². The first-order valence-electron chi connectivity index (χ1n) is 8.03. The lowest BCUT2D eigenvalue weighted by Gasteiger charge is -2.28. The second-order valence-electron chi connectivity index (χ2n) is 5.86. The molecule has 0 saturated carbocycles. The number of benzene rings is 1. The van der Waals surface area contributed by atoms with Gasteiger partial charge in [0.2, 0.25) is 0 Å². The Bertz CT molecular complexity index is 636. The quantitative estimate of drug-likeness (QED) is 0.888. The van der Waals surface area contributed by atoms with Gasteiger partial charge in [0.05, 0.1) is 17.9 Å². The van der Waals surface area contributed by atoms with Crippen molar-refractivity contribution in [1.29, 1.82) is 0 Å². The molecule has 3 rings (SSSR count). The number of nitrogens with two attached hydrogens (primary N) is 1. The summed E-state index contributed by atoms with van der Waals surface area (Å²) in [6.45, 7) is 2.74. The fraction of sp³-hybridized carbons (Fsp3) is 0.333. The Labute approximate surface area is 136 Å². The van der Waals surface area contributed by atoms with Crippen LogP contribution in [0.2, 0.25) is 0 Å². The number of carbonyl (C=O) groups excluding carboxylic acids is 1. The molecule has 3 N–H and O–H groups in total. The largest absolute Gasteiger partial charge is 0.397 e. The molecule has 5 heteroatoms. The van der Waals surface area contributed by atoms with Gasteiger partial charge in [-0.2, -0.15) is 0 Å². The molecule has 2 aromatic rings. The molecule has 1 unspecified atom stereocenters. The summed E-state index contributed by atoms with van der Waals surface area (Å²) < 4.78 is 0. The summed E-state index contributed by atoms with van der Waals surface area (Å²) in [7, 11) is 0. The molecule has 1 aromatic heterocycles. The summed E-state index contributed by atoms with van der Waals surface area (Å²) in [5.74, 6) is -0.162. The normalized spacial score (nSPS) is 16.2. The van der Waals surface area contributed by atoms with Gasteiger partial charge >= 0.3 is 0 Å². The lowest BCUT2D eigenvalue weighted by Crippen LogP contribution is -2.37. The number of pyridine rings is 1. The molecule has 1 fully saturated rings. The highest BCUT2D eigenvalue weighted by molar-refractivity contribution is 5.92. The van der Waals surface area contributed by atoms with Gasteiger partial charge in [0.15, 0.2) is 0 Å². The Kier molecular flexibility index (Phi) is 4.88. The minimum Gasteiger partial charge on any atom is -0.397 e. The van der Waals surface area contributed by atoms with Crippen LogP contribution in [0.25, 0.3) is 0 Å². The topological polar surface area (TPSA) is 71.2 Å². The molecule has 1 amide bonds. The second-order valence-corrected chi connectivity index (χ2v) is 5.86. The first-order valence-corrected chi connectivity index (χ1v) is 8.03. The molecule has 0 bridgehead atoms. The number of hydrogen-bond acceptors (Lipinski definition) is 4. The predicted molar refractivity (Wildman–Crippen MR) is 91.0 cm³/mol. The van der Waals surface area contributed by atoms with Crippen molar-refractivity contribution in [3.63, 3.8) is 0 Å². The van der Waals surface area contributed by atoms with Crippen molar-refractivity contribution in [2.45, 2.75) is 18.9 Å². The maximum atomic E-state index is 12.3. The Morgan fingerprint density at radius 1 is 1.17 bits per heavy atom. The minimum absolute atomic E-state index is 0.162. The van der Waals surface area contributed by atoms with Gasteiger partial charge in [-0.05, 0) is 43.6 Å². The highest BCUT2D eigenvalue weighted by atomic mass is 16.1. The zero-order chi connectivity index (χ0) is 16.1. The predicted octanol–water partition coefficient (Wildman–Crippen LogP) is 2.23. The third-order valence-corrected chi connectivity index (χ3v) is 4.24. The van der Waals surface area contributed by atoms with Gasteiger partial charge in [-0.25, -0.2) is 4.98 Å². The molecular formula is C18H22N4O. The van der Waals surface area contributed by atoms with Gasteiger partial charge in [0.25, 0.3) is 5.91 Å². The average Bonchev–Trinajstić information content (AvgIpc) is 3.11. The van der Waals surface area contributed by atoms with E-state index in [9.17, 15) is 4.79 Å². The zero-order valence-electron chi connectivity index (χ0n) is 13.1. The van der Waals surface area contributed by atoms with Crippen molar-refractivity contribution >= 4 is 11.6 Å². The Morgan fingerprint density at radius 2 is 1.91 bits per heavy atom. The Morgan fingerprint density at radius 3 is 2.57 bits per heavy atom. The maximum Gasteiger partial charge on any atom is 0.269 e. The molecule has 1 aliphatic heterocycles. The second kappa shape index (κ2) is 7.24. The smallest absolute Gasteiger partial charge is 0.269 e. The van der Waals surface area contributed by atoms with Crippen LogP contribution in [0.15, 0.2) is 48.7 Å². The third-order valence-electron chi connectivity index (χ3n) is 4.24. The van der Waals surface area contributed by atoms with Gasteiger partial charge in [-0.15, -0.1) is 0 Å². The number of anilines is 1. The number of nitrogen functional groups attached to an aromatic ring is 1. The zero-order valence-corrected chi connectivity index (χ0v) is 13.1. The molecule has 0 aliphatic carbocycles. The molecule has 0 radical (unpaired) electrons.